The number of nitrogens with one attached hydrogen (secondary N) is 1. The maximum Gasteiger partial charge on any atom is 0.287 e. The van der Waals surface area contributed by atoms with Crippen molar-refractivity contribution in [2.45, 2.75) is 32.5 Å². The van der Waals surface area contributed by atoms with Gasteiger partial charge in [0.15, 0.2) is 5.76 Å². The number of nitrogens with zero attached hydrogens (tertiary/aromatic N) is 1. The molecular weight excluding hydrogens is 364 g/mol. The van der Waals surface area contributed by atoms with E-state index in [2.05, 4.69) is 28.4 Å². The van der Waals surface area contributed by atoms with Crippen LogP contribution in [0.3, 0.4) is 0 Å². The first-order valence-corrected chi connectivity index (χ1v) is 10.1. The Bertz CT molecular complexity index is 930. The molecule has 1 saturated heterocycles. The van der Waals surface area contributed by atoms with E-state index in [0.29, 0.717) is 12.3 Å². The molecule has 0 spiro atoms. The molecule has 1 amide bonds. The van der Waals surface area contributed by atoms with Gasteiger partial charge in [0.2, 0.25) is 0 Å². The Hall–Kier alpha value is -3.05. The topological polar surface area (TPSA) is 54.7 Å². The van der Waals surface area contributed by atoms with Crippen molar-refractivity contribution < 1.29 is 13.9 Å². The Morgan fingerprint density at radius 2 is 1.66 bits per heavy atom. The van der Waals surface area contributed by atoms with Crippen molar-refractivity contribution in [3.8, 4) is 5.75 Å². The van der Waals surface area contributed by atoms with Crippen molar-refractivity contribution in [2.24, 2.45) is 0 Å². The van der Waals surface area contributed by atoms with E-state index in [-0.39, 0.29) is 12.5 Å². The maximum absolute atomic E-state index is 12.7. The van der Waals surface area contributed by atoms with Crippen molar-refractivity contribution in [1.82, 2.24) is 10.2 Å². The lowest BCUT2D eigenvalue weighted by Gasteiger charge is -2.17. The minimum Gasteiger partial charge on any atom is -0.489 e. The van der Waals surface area contributed by atoms with Gasteiger partial charge in [-0.1, -0.05) is 42.5 Å². The zero-order valence-corrected chi connectivity index (χ0v) is 16.5. The molecule has 0 bridgehead atoms. The summed E-state index contributed by atoms with van der Waals surface area (Å²) in [5.41, 5.74) is 3.14. The molecule has 1 fully saturated rings. The third-order valence-electron chi connectivity index (χ3n) is 5.24. The highest BCUT2D eigenvalue weighted by Crippen LogP contribution is 2.18. The van der Waals surface area contributed by atoms with Crippen molar-refractivity contribution >= 4 is 5.91 Å². The van der Waals surface area contributed by atoms with Crippen LogP contribution in [0.5, 0.6) is 5.75 Å². The summed E-state index contributed by atoms with van der Waals surface area (Å²) in [6.45, 7) is 4.00. The van der Waals surface area contributed by atoms with Gasteiger partial charge in [-0.3, -0.25) is 9.69 Å². The van der Waals surface area contributed by atoms with Crippen molar-refractivity contribution in [3.63, 3.8) is 0 Å². The van der Waals surface area contributed by atoms with Crippen LogP contribution >= 0.6 is 0 Å². The number of rotatable bonds is 8. The SMILES string of the molecule is O=C(NCc1ccccc1CN1CCCC1)c1occc1COc1ccccc1. The predicted octanol–water partition coefficient (Wildman–Crippen LogP) is 4.38. The second-order valence-corrected chi connectivity index (χ2v) is 7.31. The first-order valence-electron chi connectivity index (χ1n) is 10.1. The lowest BCUT2D eigenvalue weighted by atomic mass is 10.1. The number of hydrogen-bond donors (Lipinski definition) is 1. The summed E-state index contributed by atoms with van der Waals surface area (Å²) in [5.74, 6) is 0.839. The van der Waals surface area contributed by atoms with Gasteiger partial charge < -0.3 is 14.5 Å². The highest BCUT2D eigenvalue weighted by molar-refractivity contribution is 5.92. The smallest absolute Gasteiger partial charge is 0.287 e. The molecule has 2 aromatic carbocycles. The number of ether oxygens (including phenoxy) is 1. The Morgan fingerprint density at radius 1 is 0.931 bits per heavy atom. The summed E-state index contributed by atoms with van der Waals surface area (Å²) >= 11 is 0. The number of furan rings is 1. The first-order chi connectivity index (χ1) is 14.3. The summed E-state index contributed by atoms with van der Waals surface area (Å²) in [6, 6.07) is 19.6. The number of likely N-dealkylation sites (tertiary alicyclic amines) is 1. The molecule has 3 aromatic rings. The summed E-state index contributed by atoms with van der Waals surface area (Å²) in [6.07, 6.45) is 4.07. The van der Waals surface area contributed by atoms with Crippen molar-refractivity contribution in [2.75, 3.05) is 13.1 Å². The number of para-hydroxylation sites is 1. The van der Waals surface area contributed by atoms with Crippen LogP contribution in [0.25, 0.3) is 0 Å². The van der Waals surface area contributed by atoms with Crippen LogP contribution < -0.4 is 10.1 Å². The van der Waals surface area contributed by atoms with Crippen molar-refractivity contribution in [3.05, 3.63) is 89.4 Å². The van der Waals surface area contributed by atoms with Crippen LogP contribution in [0.15, 0.2) is 71.3 Å². The van der Waals surface area contributed by atoms with E-state index in [0.717, 1.165) is 36.5 Å². The second kappa shape index (κ2) is 9.43. The molecule has 1 N–H and O–H groups in total. The summed E-state index contributed by atoms with van der Waals surface area (Å²) in [4.78, 5) is 15.2. The third kappa shape index (κ3) is 5.06. The third-order valence-corrected chi connectivity index (χ3v) is 5.24. The van der Waals surface area contributed by atoms with Crippen LogP contribution in [-0.2, 0) is 19.7 Å². The average molecular weight is 390 g/mol. The van der Waals surface area contributed by atoms with E-state index < -0.39 is 0 Å². The molecule has 29 heavy (non-hydrogen) atoms. The zero-order chi connectivity index (χ0) is 19.9. The number of carbonyl (C=O) groups excluding carboxylic acids is 1. The predicted molar refractivity (Wildman–Crippen MR) is 112 cm³/mol. The lowest BCUT2D eigenvalue weighted by molar-refractivity contribution is 0.0919. The highest BCUT2D eigenvalue weighted by Gasteiger charge is 2.17. The van der Waals surface area contributed by atoms with Crippen LogP contribution in [-0.4, -0.2) is 23.9 Å². The fourth-order valence-electron chi connectivity index (χ4n) is 3.65. The molecule has 0 saturated carbocycles. The molecule has 2 heterocycles. The fourth-order valence-corrected chi connectivity index (χ4v) is 3.65. The summed E-state index contributed by atoms with van der Waals surface area (Å²) in [7, 11) is 0. The van der Waals surface area contributed by atoms with Crippen LogP contribution in [0.4, 0.5) is 0 Å². The van der Waals surface area contributed by atoms with Gasteiger partial charge in [0.05, 0.1) is 6.26 Å². The second-order valence-electron chi connectivity index (χ2n) is 7.31. The van der Waals surface area contributed by atoms with E-state index in [1.54, 1.807) is 6.07 Å². The lowest BCUT2D eigenvalue weighted by Crippen LogP contribution is -2.25. The summed E-state index contributed by atoms with van der Waals surface area (Å²) < 4.78 is 11.2. The van der Waals surface area contributed by atoms with E-state index in [1.807, 2.05) is 36.4 Å². The molecule has 0 aliphatic carbocycles. The Balaban J connectivity index is 1.36. The Labute approximate surface area is 171 Å². The normalized spacial score (nSPS) is 14.1. The molecule has 150 valence electrons. The molecule has 1 aliphatic rings. The first kappa shape index (κ1) is 19.3. The average Bonchev–Trinajstić information content (AvgIpc) is 3.44. The molecule has 5 heteroatoms. The van der Waals surface area contributed by atoms with Gasteiger partial charge in [-0.25, -0.2) is 0 Å². The van der Waals surface area contributed by atoms with Gasteiger partial charge in [0, 0.05) is 18.7 Å². The minimum absolute atomic E-state index is 0.224. The van der Waals surface area contributed by atoms with Gasteiger partial charge in [-0.15, -0.1) is 0 Å². The Kier molecular flexibility index (Phi) is 6.27. The van der Waals surface area contributed by atoms with Crippen LogP contribution in [0.2, 0.25) is 0 Å². The molecule has 0 unspecified atom stereocenters. The van der Waals surface area contributed by atoms with E-state index in [4.69, 9.17) is 9.15 Å². The van der Waals surface area contributed by atoms with E-state index in [1.165, 1.54) is 24.7 Å². The molecule has 5 nitrogen and oxygen atoms in total. The molecule has 0 radical (unpaired) electrons. The van der Waals surface area contributed by atoms with E-state index in [9.17, 15) is 4.79 Å². The quantitative estimate of drug-likeness (QED) is 0.620. The molecular formula is C24H26N2O3. The number of amides is 1. The monoisotopic (exact) mass is 390 g/mol. The largest absolute Gasteiger partial charge is 0.489 e. The van der Waals surface area contributed by atoms with Crippen LogP contribution in [0, 0.1) is 0 Å². The van der Waals surface area contributed by atoms with Crippen molar-refractivity contribution in [1.29, 1.82) is 0 Å². The fraction of sp³-hybridized carbons (Fsp3) is 0.292. The molecule has 1 aliphatic heterocycles. The standard InChI is InChI=1S/C24H26N2O3/c27-24(23-21(12-15-28-23)18-29-22-10-2-1-3-11-22)25-16-19-8-4-5-9-20(19)17-26-13-6-7-14-26/h1-5,8-12,15H,6-7,13-14,16-18H2,(H,25,27). The molecule has 1 aromatic heterocycles. The van der Waals surface area contributed by atoms with Gasteiger partial charge in [0.1, 0.15) is 12.4 Å². The van der Waals surface area contributed by atoms with Gasteiger partial charge in [-0.05, 0) is 55.3 Å². The Morgan fingerprint density at radius 3 is 2.45 bits per heavy atom. The maximum atomic E-state index is 12.7. The number of benzene rings is 2. The zero-order valence-electron chi connectivity index (χ0n) is 16.5. The van der Waals surface area contributed by atoms with Gasteiger partial charge in [-0.2, -0.15) is 0 Å². The van der Waals surface area contributed by atoms with Crippen LogP contribution in [0.1, 0.15) is 40.1 Å². The minimum atomic E-state index is -0.224. The number of hydrogen-bond acceptors (Lipinski definition) is 4. The van der Waals surface area contributed by atoms with E-state index >= 15 is 0 Å². The molecule has 4 rings (SSSR count). The summed E-state index contributed by atoms with van der Waals surface area (Å²) in [5, 5.41) is 3.00. The van der Waals surface area contributed by atoms with Gasteiger partial charge in [0.25, 0.3) is 5.91 Å². The number of carbonyl (C=O) groups is 1. The molecule has 0 atom stereocenters. The highest BCUT2D eigenvalue weighted by atomic mass is 16.5. The van der Waals surface area contributed by atoms with Gasteiger partial charge >= 0.3 is 0 Å².